The van der Waals surface area contributed by atoms with E-state index in [9.17, 15) is 13.9 Å². The van der Waals surface area contributed by atoms with Crippen LogP contribution in [0.4, 0.5) is 8.78 Å². The topological polar surface area (TPSA) is 29.5 Å². The summed E-state index contributed by atoms with van der Waals surface area (Å²) in [5.41, 5.74) is -1.42. The molecule has 0 aromatic heterocycles. The molecule has 0 fully saturated rings. The Hall–Kier alpha value is -1.00. The number of aliphatic hydroxyl groups is 1. The molecule has 1 rings (SSSR count). The smallest absolute Gasteiger partial charge is 0.137 e. The summed E-state index contributed by atoms with van der Waals surface area (Å²) in [6, 6.07) is 2.37. The van der Waals surface area contributed by atoms with Crippen LogP contribution in [0.5, 0.6) is 0 Å². The van der Waals surface area contributed by atoms with Gasteiger partial charge in [0.25, 0.3) is 0 Å². The molecular formula is C11H14F2O2. The molecule has 0 saturated heterocycles. The average Bonchev–Trinajstić information content (AvgIpc) is 2.09. The van der Waals surface area contributed by atoms with Gasteiger partial charge in [0.1, 0.15) is 11.6 Å². The minimum atomic E-state index is -1.33. The van der Waals surface area contributed by atoms with Gasteiger partial charge in [-0.25, -0.2) is 8.78 Å². The summed E-state index contributed by atoms with van der Waals surface area (Å²) < 4.78 is 31.6. The Bertz CT molecular complexity index is 356. The van der Waals surface area contributed by atoms with Gasteiger partial charge in [0.15, 0.2) is 0 Å². The van der Waals surface area contributed by atoms with Crippen LogP contribution >= 0.6 is 0 Å². The number of rotatable bonds is 3. The van der Waals surface area contributed by atoms with Gasteiger partial charge in [-0.15, -0.1) is 0 Å². The highest BCUT2D eigenvalue weighted by molar-refractivity contribution is 5.30. The van der Waals surface area contributed by atoms with E-state index in [1.807, 2.05) is 0 Å². The second-order valence-corrected chi connectivity index (χ2v) is 3.88. The lowest BCUT2D eigenvalue weighted by Crippen LogP contribution is -2.19. The zero-order valence-electron chi connectivity index (χ0n) is 8.97. The van der Waals surface area contributed by atoms with Crippen LogP contribution in [0.3, 0.4) is 0 Å². The fourth-order valence-corrected chi connectivity index (χ4v) is 1.35. The van der Waals surface area contributed by atoms with Crippen molar-refractivity contribution in [2.24, 2.45) is 0 Å². The van der Waals surface area contributed by atoms with Crippen LogP contribution in [0.2, 0.25) is 0 Å². The van der Waals surface area contributed by atoms with Crippen LogP contribution in [0, 0.1) is 11.6 Å². The molecule has 84 valence electrons. The Morgan fingerprint density at radius 1 is 1.33 bits per heavy atom. The van der Waals surface area contributed by atoms with Crippen molar-refractivity contribution in [2.75, 3.05) is 7.11 Å². The monoisotopic (exact) mass is 216 g/mol. The van der Waals surface area contributed by atoms with E-state index in [4.69, 9.17) is 4.74 Å². The van der Waals surface area contributed by atoms with Crippen LogP contribution < -0.4 is 0 Å². The van der Waals surface area contributed by atoms with E-state index < -0.39 is 17.2 Å². The summed E-state index contributed by atoms with van der Waals surface area (Å²) in [5, 5.41) is 9.65. The van der Waals surface area contributed by atoms with E-state index in [0.717, 1.165) is 6.07 Å². The van der Waals surface area contributed by atoms with Crippen molar-refractivity contribution >= 4 is 0 Å². The number of methoxy groups -OCH3 is 1. The number of ether oxygens (including phenoxy) is 1. The van der Waals surface area contributed by atoms with Crippen molar-refractivity contribution in [2.45, 2.75) is 26.1 Å². The van der Waals surface area contributed by atoms with E-state index >= 15 is 0 Å². The Morgan fingerprint density at radius 3 is 2.40 bits per heavy atom. The van der Waals surface area contributed by atoms with Gasteiger partial charge in [-0.05, 0) is 19.9 Å². The molecule has 0 aliphatic carbocycles. The largest absolute Gasteiger partial charge is 0.386 e. The lowest BCUT2D eigenvalue weighted by molar-refractivity contribution is 0.0735. The molecule has 0 aliphatic heterocycles. The average molecular weight is 216 g/mol. The van der Waals surface area contributed by atoms with Gasteiger partial charge in [-0.1, -0.05) is 6.07 Å². The first-order valence-corrected chi connectivity index (χ1v) is 4.56. The van der Waals surface area contributed by atoms with E-state index in [2.05, 4.69) is 0 Å². The third-order valence-electron chi connectivity index (χ3n) is 2.13. The molecular weight excluding hydrogens is 202 g/mol. The Balaban J connectivity index is 3.28. The summed E-state index contributed by atoms with van der Waals surface area (Å²) >= 11 is 0. The quantitative estimate of drug-likeness (QED) is 0.840. The summed E-state index contributed by atoms with van der Waals surface area (Å²) in [4.78, 5) is 0. The molecule has 0 unspecified atom stereocenters. The molecule has 4 heteroatoms. The lowest BCUT2D eigenvalue weighted by Gasteiger charge is -2.20. The van der Waals surface area contributed by atoms with Gasteiger partial charge in [0.2, 0.25) is 0 Å². The normalized spacial score (nSPS) is 11.9. The van der Waals surface area contributed by atoms with Gasteiger partial charge in [0.05, 0.1) is 12.2 Å². The third-order valence-corrected chi connectivity index (χ3v) is 2.13. The van der Waals surface area contributed by atoms with Gasteiger partial charge >= 0.3 is 0 Å². The highest BCUT2D eigenvalue weighted by Crippen LogP contribution is 2.26. The van der Waals surface area contributed by atoms with Crippen LogP contribution in [0.1, 0.15) is 25.0 Å². The standard InChI is InChI=1S/C11H14F2O2/c1-11(2,14)8-4-5-9(12)7(6-15-3)10(8)13/h4-5,14H,6H2,1-3H3. The molecule has 0 heterocycles. The minimum Gasteiger partial charge on any atom is -0.386 e. The summed E-state index contributed by atoms with van der Waals surface area (Å²) in [6.07, 6.45) is 0. The molecule has 0 saturated carbocycles. The first kappa shape index (κ1) is 12.1. The van der Waals surface area contributed by atoms with Crippen LogP contribution in [-0.4, -0.2) is 12.2 Å². The van der Waals surface area contributed by atoms with Crippen LogP contribution in [-0.2, 0) is 16.9 Å². The van der Waals surface area contributed by atoms with Crippen molar-refractivity contribution < 1.29 is 18.6 Å². The lowest BCUT2D eigenvalue weighted by atomic mass is 9.95. The first-order valence-electron chi connectivity index (χ1n) is 4.56. The number of hydrogen-bond donors (Lipinski definition) is 1. The third kappa shape index (κ3) is 2.52. The maximum absolute atomic E-state index is 13.7. The summed E-state index contributed by atoms with van der Waals surface area (Å²) in [7, 11) is 1.36. The molecule has 1 N–H and O–H groups in total. The van der Waals surface area contributed by atoms with E-state index in [-0.39, 0.29) is 17.7 Å². The van der Waals surface area contributed by atoms with Crippen molar-refractivity contribution in [1.29, 1.82) is 0 Å². The zero-order valence-corrected chi connectivity index (χ0v) is 8.97. The number of benzene rings is 1. The van der Waals surface area contributed by atoms with E-state index in [1.165, 1.54) is 27.0 Å². The molecule has 0 atom stereocenters. The molecule has 0 spiro atoms. The van der Waals surface area contributed by atoms with Crippen molar-refractivity contribution in [3.8, 4) is 0 Å². The zero-order chi connectivity index (χ0) is 11.6. The second kappa shape index (κ2) is 4.24. The molecule has 1 aromatic rings. The van der Waals surface area contributed by atoms with Crippen molar-refractivity contribution in [3.63, 3.8) is 0 Å². The van der Waals surface area contributed by atoms with Crippen molar-refractivity contribution in [3.05, 3.63) is 34.9 Å². The van der Waals surface area contributed by atoms with Gasteiger partial charge in [0, 0.05) is 18.2 Å². The first-order chi connectivity index (χ1) is 6.88. The van der Waals surface area contributed by atoms with Gasteiger partial charge in [-0.3, -0.25) is 0 Å². The fourth-order valence-electron chi connectivity index (χ4n) is 1.35. The minimum absolute atomic E-state index is 0.0657. The summed E-state index contributed by atoms with van der Waals surface area (Å²) in [5.74, 6) is -1.41. The highest BCUT2D eigenvalue weighted by atomic mass is 19.1. The molecule has 15 heavy (non-hydrogen) atoms. The Morgan fingerprint density at radius 2 is 1.93 bits per heavy atom. The fraction of sp³-hybridized carbons (Fsp3) is 0.455. The molecule has 1 aromatic carbocycles. The summed E-state index contributed by atoms with van der Waals surface area (Å²) in [6.45, 7) is 2.74. The van der Waals surface area contributed by atoms with E-state index in [1.54, 1.807) is 0 Å². The highest BCUT2D eigenvalue weighted by Gasteiger charge is 2.24. The predicted molar refractivity (Wildman–Crippen MR) is 52.3 cm³/mol. The van der Waals surface area contributed by atoms with Crippen LogP contribution in [0.25, 0.3) is 0 Å². The number of halogens is 2. The predicted octanol–water partition coefficient (Wildman–Crippen LogP) is 2.34. The van der Waals surface area contributed by atoms with Gasteiger partial charge < -0.3 is 9.84 Å². The van der Waals surface area contributed by atoms with Crippen molar-refractivity contribution in [1.82, 2.24) is 0 Å². The van der Waals surface area contributed by atoms with Gasteiger partial charge in [-0.2, -0.15) is 0 Å². The Labute approximate surface area is 87.5 Å². The maximum atomic E-state index is 13.7. The van der Waals surface area contributed by atoms with E-state index in [0.29, 0.717) is 0 Å². The van der Waals surface area contributed by atoms with Crippen LogP contribution in [0.15, 0.2) is 12.1 Å². The molecule has 0 aliphatic rings. The molecule has 0 bridgehead atoms. The molecule has 0 radical (unpaired) electrons. The second-order valence-electron chi connectivity index (χ2n) is 3.88. The number of hydrogen-bond acceptors (Lipinski definition) is 2. The molecule has 0 amide bonds. The SMILES string of the molecule is COCc1c(F)ccc(C(C)(C)O)c1F. The Kier molecular flexibility index (Phi) is 3.42. The molecule has 2 nitrogen and oxygen atoms in total. The maximum Gasteiger partial charge on any atom is 0.137 e.